The summed E-state index contributed by atoms with van der Waals surface area (Å²) in [7, 11) is 0. The van der Waals surface area contributed by atoms with Gasteiger partial charge in [0, 0.05) is 18.2 Å². The van der Waals surface area contributed by atoms with E-state index in [1.54, 1.807) is 31.3 Å². The summed E-state index contributed by atoms with van der Waals surface area (Å²) in [4.78, 5) is 22.1. The highest BCUT2D eigenvalue weighted by Gasteiger charge is 2.38. The SMILES string of the molecule is CC(C)C(=O)Nc1ccc(CNC(=O)C(F)(F)F)cc1. The van der Waals surface area contributed by atoms with Gasteiger partial charge >= 0.3 is 12.1 Å². The van der Waals surface area contributed by atoms with Crippen LogP contribution in [0.15, 0.2) is 24.3 Å². The van der Waals surface area contributed by atoms with E-state index in [2.05, 4.69) is 5.32 Å². The van der Waals surface area contributed by atoms with Crippen LogP contribution in [-0.4, -0.2) is 18.0 Å². The number of halogens is 3. The lowest BCUT2D eigenvalue weighted by Crippen LogP contribution is -2.36. The Morgan fingerprint density at radius 1 is 1.15 bits per heavy atom. The average molecular weight is 288 g/mol. The first-order valence-electron chi connectivity index (χ1n) is 5.95. The summed E-state index contributed by atoms with van der Waals surface area (Å²) < 4.78 is 35.9. The summed E-state index contributed by atoms with van der Waals surface area (Å²) in [5, 5.41) is 4.42. The van der Waals surface area contributed by atoms with Gasteiger partial charge in [0.05, 0.1) is 0 Å². The number of anilines is 1. The Hall–Kier alpha value is -2.05. The molecule has 1 aromatic rings. The lowest BCUT2D eigenvalue weighted by Gasteiger charge is -2.10. The Bertz CT molecular complexity index is 481. The van der Waals surface area contributed by atoms with Crippen molar-refractivity contribution in [3.8, 4) is 0 Å². The molecule has 0 bridgehead atoms. The highest BCUT2D eigenvalue weighted by Crippen LogP contribution is 2.15. The molecule has 1 aromatic carbocycles. The molecule has 2 amide bonds. The molecule has 4 nitrogen and oxygen atoms in total. The minimum Gasteiger partial charge on any atom is -0.344 e. The van der Waals surface area contributed by atoms with Gasteiger partial charge in [0.2, 0.25) is 5.91 Å². The van der Waals surface area contributed by atoms with Crippen LogP contribution in [0.4, 0.5) is 18.9 Å². The number of nitrogens with one attached hydrogen (secondary N) is 2. The van der Waals surface area contributed by atoms with Crippen LogP contribution >= 0.6 is 0 Å². The van der Waals surface area contributed by atoms with E-state index >= 15 is 0 Å². The van der Waals surface area contributed by atoms with E-state index in [0.717, 1.165) is 0 Å². The fourth-order valence-electron chi connectivity index (χ4n) is 1.28. The van der Waals surface area contributed by atoms with Crippen molar-refractivity contribution in [1.29, 1.82) is 0 Å². The van der Waals surface area contributed by atoms with Gasteiger partial charge in [-0.3, -0.25) is 9.59 Å². The van der Waals surface area contributed by atoms with E-state index in [9.17, 15) is 22.8 Å². The molecule has 110 valence electrons. The molecule has 0 radical (unpaired) electrons. The van der Waals surface area contributed by atoms with E-state index in [-0.39, 0.29) is 18.4 Å². The second-order valence-corrected chi connectivity index (χ2v) is 4.52. The van der Waals surface area contributed by atoms with Gasteiger partial charge in [-0.1, -0.05) is 26.0 Å². The normalized spacial score (nSPS) is 11.3. The number of hydrogen-bond acceptors (Lipinski definition) is 2. The standard InChI is InChI=1S/C13H15F3N2O2/c1-8(2)11(19)18-10-5-3-9(4-6-10)7-17-12(20)13(14,15)16/h3-6,8H,7H2,1-2H3,(H,17,20)(H,18,19). The highest BCUT2D eigenvalue weighted by molar-refractivity contribution is 5.92. The van der Waals surface area contributed by atoms with Gasteiger partial charge < -0.3 is 10.6 Å². The van der Waals surface area contributed by atoms with Crippen LogP contribution in [0.25, 0.3) is 0 Å². The van der Waals surface area contributed by atoms with Crippen LogP contribution in [0.5, 0.6) is 0 Å². The summed E-state index contributed by atoms with van der Waals surface area (Å²) in [6.07, 6.45) is -4.88. The molecule has 0 aromatic heterocycles. The Labute approximate surface area is 114 Å². The van der Waals surface area contributed by atoms with Gasteiger partial charge in [-0.2, -0.15) is 13.2 Å². The fourth-order valence-corrected chi connectivity index (χ4v) is 1.28. The second-order valence-electron chi connectivity index (χ2n) is 4.52. The fraction of sp³-hybridized carbons (Fsp3) is 0.385. The predicted octanol–water partition coefficient (Wildman–Crippen LogP) is 2.46. The molecule has 0 saturated carbocycles. The van der Waals surface area contributed by atoms with Crippen LogP contribution in [0.2, 0.25) is 0 Å². The lowest BCUT2D eigenvalue weighted by atomic mass is 10.1. The van der Waals surface area contributed by atoms with Crippen molar-refractivity contribution in [1.82, 2.24) is 5.32 Å². The molecule has 0 aliphatic carbocycles. The van der Waals surface area contributed by atoms with Crippen molar-refractivity contribution in [2.75, 3.05) is 5.32 Å². The van der Waals surface area contributed by atoms with Gasteiger partial charge in [0.1, 0.15) is 0 Å². The third-order valence-corrected chi connectivity index (χ3v) is 2.46. The van der Waals surface area contributed by atoms with Gasteiger partial charge in [-0.25, -0.2) is 0 Å². The van der Waals surface area contributed by atoms with Crippen molar-refractivity contribution >= 4 is 17.5 Å². The molecule has 1 rings (SSSR count). The minimum atomic E-state index is -4.88. The summed E-state index contributed by atoms with van der Waals surface area (Å²) in [5.74, 6) is -2.29. The van der Waals surface area contributed by atoms with Crippen LogP contribution in [0.3, 0.4) is 0 Å². The zero-order valence-corrected chi connectivity index (χ0v) is 11.0. The highest BCUT2D eigenvalue weighted by atomic mass is 19.4. The Balaban J connectivity index is 2.55. The van der Waals surface area contributed by atoms with Crippen LogP contribution in [-0.2, 0) is 16.1 Å². The van der Waals surface area contributed by atoms with E-state index in [4.69, 9.17) is 0 Å². The molecule has 2 N–H and O–H groups in total. The van der Waals surface area contributed by atoms with Crippen molar-refractivity contribution in [2.45, 2.75) is 26.6 Å². The summed E-state index contributed by atoms with van der Waals surface area (Å²) in [6.45, 7) is 3.27. The number of benzene rings is 1. The zero-order valence-electron chi connectivity index (χ0n) is 11.0. The minimum absolute atomic E-state index is 0.150. The van der Waals surface area contributed by atoms with Crippen LogP contribution in [0, 0.1) is 5.92 Å². The maximum absolute atomic E-state index is 12.0. The second kappa shape index (κ2) is 6.40. The molecule has 0 unspecified atom stereocenters. The third kappa shape index (κ3) is 4.91. The largest absolute Gasteiger partial charge is 0.471 e. The molecule has 7 heteroatoms. The number of rotatable bonds is 4. The summed E-state index contributed by atoms with van der Waals surface area (Å²) in [5.41, 5.74) is 1.06. The number of carbonyl (C=O) groups is 2. The molecule has 0 heterocycles. The molecule has 0 atom stereocenters. The smallest absolute Gasteiger partial charge is 0.344 e. The van der Waals surface area contributed by atoms with E-state index in [0.29, 0.717) is 11.3 Å². The molecule has 0 aliphatic heterocycles. The third-order valence-electron chi connectivity index (χ3n) is 2.46. The Kier molecular flexibility index (Phi) is 5.12. The van der Waals surface area contributed by atoms with Gasteiger partial charge in [-0.05, 0) is 17.7 Å². The predicted molar refractivity (Wildman–Crippen MR) is 67.8 cm³/mol. The van der Waals surface area contributed by atoms with Crippen molar-refractivity contribution in [3.63, 3.8) is 0 Å². The van der Waals surface area contributed by atoms with E-state index in [1.165, 1.54) is 12.1 Å². The summed E-state index contributed by atoms with van der Waals surface area (Å²) in [6, 6.07) is 6.20. The number of carbonyl (C=O) groups excluding carboxylic acids is 2. The lowest BCUT2D eigenvalue weighted by molar-refractivity contribution is -0.173. The average Bonchev–Trinajstić information content (AvgIpc) is 2.36. The number of amides is 2. The van der Waals surface area contributed by atoms with Crippen molar-refractivity contribution < 1.29 is 22.8 Å². The number of hydrogen-bond donors (Lipinski definition) is 2. The molecular weight excluding hydrogens is 273 g/mol. The van der Waals surface area contributed by atoms with Gasteiger partial charge in [-0.15, -0.1) is 0 Å². The topological polar surface area (TPSA) is 58.2 Å². The molecule has 20 heavy (non-hydrogen) atoms. The zero-order chi connectivity index (χ0) is 15.3. The van der Waals surface area contributed by atoms with Crippen LogP contribution in [0.1, 0.15) is 19.4 Å². The number of alkyl halides is 3. The molecule has 0 spiro atoms. The maximum Gasteiger partial charge on any atom is 0.471 e. The molecule has 0 saturated heterocycles. The molecular formula is C13H15F3N2O2. The monoisotopic (exact) mass is 288 g/mol. The molecule has 0 aliphatic rings. The van der Waals surface area contributed by atoms with Gasteiger partial charge in [0.15, 0.2) is 0 Å². The van der Waals surface area contributed by atoms with E-state index in [1.807, 2.05) is 0 Å². The first kappa shape index (κ1) is 16.0. The first-order chi connectivity index (χ1) is 9.20. The van der Waals surface area contributed by atoms with E-state index < -0.39 is 12.1 Å². The Morgan fingerprint density at radius 2 is 1.70 bits per heavy atom. The van der Waals surface area contributed by atoms with Crippen molar-refractivity contribution in [2.24, 2.45) is 5.92 Å². The van der Waals surface area contributed by atoms with Gasteiger partial charge in [0.25, 0.3) is 0 Å². The van der Waals surface area contributed by atoms with Crippen molar-refractivity contribution in [3.05, 3.63) is 29.8 Å². The summed E-state index contributed by atoms with van der Waals surface area (Å²) >= 11 is 0. The Morgan fingerprint density at radius 3 is 2.15 bits per heavy atom. The quantitative estimate of drug-likeness (QED) is 0.894. The first-order valence-corrected chi connectivity index (χ1v) is 5.95. The van der Waals surface area contributed by atoms with Crippen LogP contribution < -0.4 is 10.6 Å². The molecule has 0 fully saturated rings. The maximum atomic E-state index is 12.0.